The van der Waals surface area contributed by atoms with Crippen molar-refractivity contribution in [2.24, 2.45) is 11.7 Å². The van der Waals surface area contributed by atoms with E-state index < -0.39 is 0 Å². The van der Waals surface area contributed by atoms with E-state index in [4.69, 9.17) is 5.73 Å². The van der Waals surface area contributed by atoms with Gasteiger partial charge >= 0.3 is 0 Å². The molecule has 4 nitrogen and oxygen atoms in total. The van der Waals surface area contributed by atoms with Gasteiger partial charge in [-0.25, -0.2) is 0 Å². The van der Waals surface area contributed by atoms with E-state index in [1.807, 2.05) is 39.2 Å². The van der Waals surface area contributed by atoms with Crippen molar-refractivity contribution in [2.75, 3.05) is 26.0 Å². The molecule has 0 fully saturated rings. The maximum Gasteiger partial charge on any atom is 0.227 e. The van der Waals surface area contributed by atoms with Gasteiger partial charge in [-0.1, -0.05) is 19.1 Å². The highest BCUT2D eigenvalue weighted by molar-refractivity contribution is 5.92. The second-order valence-electron chi connectivity index (χ2n) is 4.91. The zero-order chi connectivity index (χ0) is 13.5. The van der Waals surface area contributed by atoms with Crippen LogP contribution < -0.4 is 11.1 Å². The summed E-state index contributed by atoms with van der Waals surface area (Å²) >= 11 is 0. The Labute approximate surface area is 109 Å². The zero-order valence-electron chi connectivity index (χ0n) is 11.4. The van der Waals surface area contributed by atoms with Gasteiger partial charge < -0.3 is 16.0 Å². The number of nitrogens with zero attached hydrogens (tertiary/aromatic N) is 1. The average Bonchev–Trinajstić information content (AvgIpc) is 2.28. The smallest absolute Gasteiger partial charge is 0.227 e. The van der Waals surface area contributed by atoms with Crippen LogP contribution in [0.1, 0.15) is 18.9 Å². The molecule has 18 heavy (non-hydrogen) atoms. The molecule has 1 amide bonds. The third-order valence-corrected chi connectivity index (χ3v) is 2.74. The summed E-state index contributed by atoms with van der Waals surface area (Å²) in [6, 6.07) is 7.93. The van der Waals surface area contributed by atoms with Crippen molar-refractivity contribution in [3.63, 3.8) is 0 Å². The molecule has 1 atom stereocenters. The minimum atomic E-state index is -0.0486. The zero-order valence-corrected chi connectivity index (χ0v) is 11.4. The molecule has 0 saturated carbocycles. The Kier molecular flexibility index (Phi) is 5.82. The van der Waals surface area contributed by atoms with Crippen molar-refractivity contribution in [1.29, 1.82) is 0 Å². The van der Waals surface area contributed by atoms with Gasteiger partial charge in [-0.3, -0.25) is 4.79 Å². The van der Waals surface area contributed by atoms with Gasteiger partial charge in [0.2, 0.25) is 5.91 Å². The first-order chi connectivity index (χ1) is 8.52. The van der Waals surface area contributed by atoms with Gasteiger partial charge in [0.05, 0.1) is 0 Å². The monoisotopic (exact) mass is 249 g/mol. The topological polar surface area (TPSA) is 58.4 Å². The number of nitrogens with two attached hydrogens (primary N) is 1. The second-order valence-corrected chi connectivity index (χ2v) is 4.91. The Bertz CT molecular complexity index is 390. The molecular weight excluding hydrogens is 226 g/mol. The highest BCUT2D eigenvalue weighted by Crippen LogP contribution is 2.13. The van der Waals surface area contributed by atoms with Crippen LogP contribution in [0.25, 0.3) is 0 Å². The van der Waals surface area contributed by atoms with E-state index in [1.165, 1.54) is 5.56 Å². The fraction of sp³-hybridized carbons (Fsp3) is 0.500. The number of carbonyl (C=O) groups is 1. The normalized spacial score (nSPS) is 12.5. The molecule has 1 unspecified atom stereocenters. The van der Waals surface area contributed by atoms with E-state index in [9.17, 15) is 4.79 Å². The Morgan fingerprint density at radius 2 is 2.17 bits per heavy atom. The fourth-order valence-electron chi connectivity index (χ4n) is 1.76. The summed E-state index contributed by atoms with van der Waals surface area (Å²) in [5.41, 5.74) is 7.49. The highest BCUT2D eigenvalue weighted by atomic mass is 16.1. The summed E-state index contributed by atoms with van der Waals surface area (Å²) in [7, 11) is 4.04. The first-order valence-corrected chi connectivity index (χ1v) is 6.27. The third-order valence-electron chi connectivity index (χ3n) is 2.74. The van der Waals surface area contributed by atoms with Crippen LogP contribution in [0.5, 0.6) is 0 Å². The van der Waals surface area contributed by atoms with Gasteiger partial charge in [0.25, 0.3) is 0 Å². The molecule has 0 radical (unpaired) electrons. The molecule has 0 aliphatic heterocycles. The Morgan fingerprint density at radius 3 is 2.78 bits per heavy atom. The Morgan fingerprint density at radius 1 is 1.44 bits per heavy atom. The van der Waals surface area contributed by atoms with Crippen LogP contribution in [0.3, 0.4) is 0 Å². The molecule has 1 rings (SSSR count). The lowest BCUT2D eigenvalue weighted by molar-refractivity contribution is -0.119. The summed E-state index contributed by atoms with van der Waals surface area (Å²) in [6.07, 6.45) is 0.712. The summed E-state index contributed by atoms with van der Waals surface area (Å²) in [6.45, 7) is 3.29. The van der Waals surface area contributed by atoms with Crippen LogP contribution in [-0.2, 0) is 11.3 Å². The summed E-state index contributed by atoms with van der Waals surface area (Å²) in [4.78, 5) is 14.0. The fourth-order valence-corrected chi connectivity index (χ4v) is 1.76. The van der Waals surface area contributed by atoms with Crippen LogP contribution in [0.15, 0.2) is 24.3 Å². The van der Waals surface area contributed by atoms with E-state index in [0.717, 1.165) is 12.2 Å². The van der Waals surface area contributed by atoms with Crippen molar-refractivity contribution in [2.45, 2.75) is 19.9 Å². The minimum Gasteiger partial charge on any atom is -0.330 e. The van der Waals surface area contributed by atoms with Gasteiger partial charge in [0.15, 0.2) is 0 Å². The van der Waals surface area contributed by atoms with Crippen LogP contribution >= 0.6 is 0 Å². The molecule has 100 valence electrons. The molecule has 0 heterocycles. The Balaban J connectivity index is 2.64. The number of rotatable bonds is 6. The van der Waals surface area contributed by atoms with E-state index in [2.05, 4.69) is 16.3 Å². The largest absolute Gasteiger partial charge is 0.330 e. The van der Waals surface area contributed by atoms with E-state index in [0.29, 0.717) is 13.0 Å². The minimum absolute atomic E-state index is 0.0300. The van der Waals surface area contributed by atoms with Crippen LogP contribution in [0.2, 0.25) is 0 Å². The molecule has 3 N–H and O–H groups in total. The van der Waals surface area contributed by atoms with Gasteiger partial charge in [0, 0.05) is 18.2 Å². The maximum atomic E-state index is 11.9. The molecule has 1 aromatic rings. The van der Waals surface area contributed by atoms with Crippen molar-refractivity contribution in [3.8, 4) is 0 Å². The number of hydrogen-bond acceptors (Lipinski definition) is 3. The van der Waals surface area contributed by atoms with Gasteiger partial charge in [-0.15, -0.1) is 0 Å². The lowest BCUT2D eigenvalue weighted by Crippen LogP contribution is -2.22. The van der Waals surface area contributed by atoms with Crippen molar-refractivity contribution < 1.29 is 4.79 Å². The van der Waals surface area contributed by atoms with E-state index >= 15 is 0 Å². The van der Waals surface area contributed by atoms with Crippen molar-refractivity contribution in [3.05, 3.63) is 29.8 Å². The molecular formula is C14H23N3O. The number of hydrogen-bond donors (Lipinski definition) is 2. The van der Waals surface area contributed by atoms with Crippen molar-refractivity contribution in [1.82, 2.24) is 4.90 Å². The SMILES string of the molecule is CC(CCN)C(=O)Nc1cccc(CN(C)C)c1. The predicted octanol–water partition coefficient (Wildman–Crippen LogP) is 1.67. The standard InChI is InChI=1S/C14H23N3O/c1-11(7-8-15)14(18)16-13-6-4-5-12(9-13)10-17(2)3/h4-6,9,11H,7-8,10,15H2,1-3H3,(H,16,18). The van der Waals surface area contributed by atoms with E-state index in [-0.39, 0.29) is 11.8 Å². The number of benzene rings is 1. The molecule has 0 aliphatic rings. The summed E-state index contributed by atoms with van der Waals surface area (Å²) < 4.78 is 0. The third kappa shape index (κ3) is 4.85. The molecule has 0 spiro atoms. The van der Waals surface area contributed by atoms with E-state index in [1.54, 1.807) is 0 Å². The molecule has 0 saturated heterocycles. The number of anilines is 1. The first kappa shape index (κ1) is 14.7. The van der Waals surface area contributed by atoms with Gasteiger partial charge in [-0.05, 0) is 44.8 Å². The van der Waals surface area contributed by atoms with Crippen LogP contribution in [0, 0.1) is 5.92 Å². The number of carbonyl (C=O) groups excluding carboxylic acids is 1. The quantitative estimate of drug-likeness (QED) is 0.806. The van der Waals surface area contributed by atoms with Gasteiger partial charge in [-0.2, -0.15) is 0 Å². The van der Waals surface area contributed by atoms with Crippen LogP contribution in [0.4, 0.5) is 5.69 Å². The lowest BCUT2D eigenvalue weighted by Gasteiger charge is -2.13. The maximum absolute atomic E-state index is 11.9. The summed E-state index contributed by atoms with van der Waals surface area (Å²) in [5, 5.41) is 2.93. The molecule has 1 aromatic carbocycles. The highest BCUT2D eigenvalue weighted by Gasteiger charge is 2.11. The average molecular weight is 249 g/mol. The molecule has 4 heteroatoms. The molecule has 0 bridgehead atoms. The molecule has 0 aliphatic carbocycles. The van der Waals surface area contributed by atoms with Gasteiger partial charge in [0.1, 0.15) is 0 Å². The lowest BCUT2D eigenvalue weighted by atomic mass is 10.1. The second kappa shape index (κ2) is 7.13. The van der Waals surface area contributed by atoms with Crippen molar-refractivity contribution >= 4 is 11.6 Å². The van der Waals surface area contributed by atoms with Crippen LogP contribution in [-0.4, -0.2) is 31.4 Å². The summed E-state index contributed by atoms with van der Waals surface area (Å²) in [5.74, 6) is -0.0186. The number of nitrogens with one attached hydrogen (secondary N) is 1. The first-order valence-electron chi connectivity index (χ1n) is 6.27. The Hall–Kier alpha value is -1.39. The molecule has 0 aromatic heterocycles. The predicted molar refractivity (Wildman–Crippen MR) is 75.3 cm³/mol. The number of amides is 1.